The van der Waals surface area contributed by atoms with Crippen LogP contribution in [0.25, 0.3) is 0 Å². The molecular formula is C15H22N2O3. The third kappa shape index (κ3) is 2.98. The molecule has 1 aromatic carbocycles. The fraction of sp³-hybridized carbons (Fsp3) is 0.533. The number of methoxy groups -OCH3 is 2. The highest BCUT2D eigenvalue weighted by atomic mass is 16.5. The van der Waals surface area contributed by atoms with E-state index in [1.807, 2.05) is 0 Å². The van der Waals surface area contributed by atoms with Gasteiger partial charge in [0.15, 0.2) is 11.5 Å². The van der Waals surface area contributed by atoms with Gasteiger partial charge >= 0.3 is 0 Å². The van der Waals surface area contributed by atoms with Crippen molar-refractivity contribution >= 4 is 11.6 Å². The van der Waals surface area contributed by atoms with Crippen molar-refractivity contribution in [2.45, 2.75) is 32.2 Å². The Bertz CT molecular complexity index is 502. The number of nitrogens with two attached hydrogens (primary N) is 1. The lowest BCUT2D eigenvalue weighted by Gasteiger charge is -2.15. The molecule has 2 atom stereocenters. The van der Waals surface area contributed by atoms with Gasteiger partial charge in [0.2, 0.25) is 0 Å². The Morgan fingerprint density at radius 1 is 1.25 bits per heavy atom. The van der Waals surface area contributed by atoms with E-state index in [-0.39, 0.29) is 11.9 Å². The number of anilines is 1. The van der Waals surface area contributed by atoms with E-state index in [1.54, 1.807) is 12.1 Å². The van der Waals surface area contributed by atoms with Gasteiger partial charge in [-0.15, -0.1) is 0 Å². The lowest BCUT2D eigenvalue weighted by molar-refractivity contribution is 0.0938. The number of nitrogen functional groups attached to an aromatic ring is 1. The summed E-state index contributed by atoms with van der Waals surface area (Å²) in [4.78, 5) is 12.3. The number of benzene rings is 1. The SMILES string of the molecule is COc1cc(N)c(C(=O)NC2CCC(C)C2)cc1OC. The summed E-state index contributed by atoms with van der Waals surface area (Å²) in [6.07, 6.45) is 3.21. The van der Waals surface area contributed by atoms with Crippen molar-refractivity contribution in [3.63, 3.8) is 0 Å². The van der Waals surface area contributed by atoms with Crippen molar-refractivity contribution in [2.24, 2.45) is 5.92 Å². The summed E-state index contributed by atoms with van der Waals surface area (Å²) in [6.45, 7) is 2.21. The Morgan fingerprint density at radius 2 is 1.90 bits per heavy atom. The van der Waals surface area contributed by atoms with E-state index in [1.165, 1.54) is 14.2 Å². The number of amides is 1. The van der Waals surface area contributed by atoms with Gasteiger partial charge < -0.3 is 20.5 Å². The molecule has 0 radical (unpaired) electrons. The van der Waals surface area contributed by atoms with E-state index >= 15 is 0 Å². The molecule has 1 saturated carbocycles. The van der Waals surface area contributed by atoms with E-state index in [0.29, 0.717) is 28.7 Å². The standard InChI is InChI=1S/C15H22N2O3/c1-9-4-5-10(6-9)17-15(18)11-7-13(19-2)14(20-3)8-12(11)16/h7-10H,4-6,16H2,1-3H3,(H,17,18). The number of carbonyl (C=O) groups is 1. The van der Waals surface area contributed by atoms with Crippen molar-refractivity contribution in [3.8, 4) is 11.5 Å². The minimum atomic E-state index is -0.150. The molecule has 2 unspecified atom stereocenters. The first-order valence-corrected chi connectivity index (χ1v) is 6.87. The molecule has 0 saturated heterocycles. The summed E-state index contributed by atoms with van der Waals surface area (Å²) in [5.41, 5.74) is 6.75. The Balaban J connectivity index is 2.17. The fourth-order valence-corrected chi connectivity index (χ4v) is 2.69. The molecule has 0 bridgehead atoms. The van der Waals surface area contributed by atoms with Crippen LogP contribution in [0.15, 0.2) is 12.1 Å². The summed E-state index contributed by atoms with van der Waals surface area (Å²) in [5, 5.41) is 3.04. The molecule has 0 spiro atoms. The molecule has 20 heavy (non-hydrogen) atoms. The van der Waals surface area contributed by atoms with E-state index in [2.05, 4.69) is 12.2 Å². The van der Waals surface area contributed by atoms with Gasteiger partial charge in [0.05, 0.1) is 19.8 Å². The Morgan fingerprint density at radius 3 is 2.45 bits per heavy atom. The zero-order valence-corrected chi connectivity index (χ0v) is 12.2. The van der Waals surface area contributed by atoms with Crippen LogP contribution in [0.1, 0.15) is 36.5 Å². The van der Waals surface area contributed by atoms with Crippen LogP contribution >= 0.6 is 0 Å². The molecule has 0 aromatic heterocycles. The molecule has 1 aliphatic carbocycles. The monoisotopic (exact) mass is 278 g/mol. The van der Waals surface area contributed by atoms with Crippen LogP contribution in [-0.4, -0.2) is 26.2 Å². The first-order valence-electron chi connectivity index (χ1n) is 6.87. The van der Waals surface area contributed by atoms with Crippen LogP contribution in [0.3, 0.4) is 0 Å². The van der Waals surface area contributed by atoms with Crippen molar-refractivity contribution in [1.29, 1.82) is 0 Å². The minimum Gasteiger partial charge on any atom is -0.493 e. The van der Waals surface area contributed by atoms with Gasteiger partial charge in [-0.25, -0.2) is 0 Å². The number of carbonyl (C=O) groups excluding carboxylic acids is 1. The number of hydrogen-bond acceptors (Lipinski definition) is 4. The van der Waals surface area contributed by atoms with Gasteiger partial charge in [-0.3, -0.25) is 4.79 Å². The second-order valence-electron chi connectivity index (χ2n) is 5.38. The average Bonchev–Trinajstić information content (AvgIpc) is 2.83. The van der Waals surface area contributed by atoms with Crippen LogP contribution < -0.4 is 20.5 Å². The van der Waals surface area contributed by atoms with Gasteiger partial charge in [-0.2, -0.15) is 0 Å². The van der Waals surface area contributed by atoms with E-state index in [9.17, 15) is 4.79 Å². The highest BCUT2D eigenvalue weighted by Crippen LogP contribution is 2.32. The molecule has 5 heteroatoms. The summed E-state index contributed by atoms with van der Waals surface area (Å²) in [7, 11) is 3.07. The van der Waals surface area contributed by atoms with Gasteiger partial charge in [0, 0.05) is 17.8 Å². The predicted molar refractivity (Wildman–Crippen MR) is 78.2 cm³/mol. The zero-order chi connectivity index (χ0) is 14.7. The normalized spacial score (nSPS) is 21.6. The molecular weight excluding hydrogens is 256 g/mol. The van der Waals surface area contributed by atoms with Crippen molar-refractivity contribution in [2.75, 3.05) is 20.0 Å². The minimum absolute atomic E-state index is 0.150. The fourth-order valence-electron chi connectivity index (χ4n) is 2.69. The van der Waals surface area contributed by atoms with E-state index in [4.69, 9.17) is 15.2 Å². The maximum Gasteiger partial charge on any atom is 0.253 e. The van der Waals surface area contributed by atoms with E-state index < -0.39 is 0 Å². The highest BCUT2D eigenvalue weighted by molar-refractivity contribution is 6.00. The van der Waals surface area contributed by atoms with Crippen LogP contribution in [0.5, 0.6) is 11.5 Å². The maximum atomic E-state index is 12.3. The van der Waals surface area contributed by atoms with Gasteiger partial charge in [-0.1, -0.05) is 6.92 Å². The second-order valence-corrected chi connectivity index (χ2v) is 5.38. The van der Waals surface area contributed by atoms with Gasteiger partial charge in [-0.05, 0) is 31.2 Å². The Hall–Kier alpha value is -1.91. The van der Waals surface area contributed by atoms with Crippen molar-refractivity contribution < 1.29 is 14.3 Å². The molecule has 1 aliphatic rings. The topological polar surface area (TPSA) is 73.6 Å². The lowest BCUT2D eigenvalue weighted by atomic mass is 10.1. The summed E-state index contributed by atoms with van der Waals surface area (Å²) in [6, 6.07) is 3.48. The third-order valence-corrected chi connectivity index (χ3v) is 3.83. The lowest BCUT2D eigenvalue weighted by Crippen LogP contribution is -2.33. The molecule has 1 aromatic rings. The molecule has 110 valence electrons. The molecule has 3 N–H and O–H groups in total. The zero-order valence-electron chi connectivity index (χ0n) is 12.2. The van der Waals surface area contributed by atoms with Crippen molar-refractivity contribution in [3.05, 3.63) is 17.7 Å². The first-order chi connectivity index (χ1) is 9.55. The molecule has 5 nitrogen and oxygen atoms in total. The molecule has 1 amide bonds. The summed E-state index contributed by atoms with van der Waals surface area (Å²) in [5.74, 6) is 1.55. The largest absolute Gasteiger partial charge is 0.493 e. The highest BCUT2D eigenvalue weighted by Gasteiger charge is 2.24. The number of ether oxygens (including phenoxy) is 2. The Kier molecular flexibility index (Phi) is 4.37. The Labute approximate surface area is 119 Å². The average molecular weight is 278 g/mol. The third-order valence-electron chi connectivity index (χ3n) is 3.83. The second kappa shape index (κ2) is 6.03. The van der Waals surface area contributed by atoms with Crippen LogP contribution in [0.2, 0.25) is 0 Å². The summed E-state index contributed by atoms with van der Waals surface area (Å²) >= 11 is 0. The molecule has 0 heterocycles. The smallest absolute Gasteiger partial charge is 0.253 e. The van der Waals surface area contributed by atoms with Gasteiger partial charge in [0.25, 0.3) is 5.91 Å². The number of hydrogen-bond donors (Lipinski definition) is 2. The molecule has 0 aliphatic heterocycles. The molecule has 2 rings (SSSR count). The van der Waals surface area contributed by atoms with Crippen molar-refractivity contribution in [1.82, 2.24) is 5.32 Å². The predicted octanol–water partition coefficient (Wildman–Crippen LogP) is 2.20. The maximum absolute atomic E-state index is 12.3. The van der Waals surface area contributed by atoms with E-state index in [0.717, 1.165) is 19.3 Å². The van der Waals surface area contributed by atoms with Crippen LogP contribution in [0, 0.1) is 5.92 Å². The number of nitrogens with one attached hydrogen (secondary N) is 1. The van der Waals surface area contributed by atoms with Crippen LogP contribution in [0.4, 0.5) is 5.69 Å². The summed E-state index contributed by atoms with van der Waals surface area (Å²) < 4.78 is 10.4. The number of rotatable bonds is 4. The molecule has 1 fully saturated rings. The first kappa shape index (κ1) is 14.5. The van der Waals surface area contributed by atoms with Crippen LogP contribution in [-0.2, 0) is 0 Å². The quantitative estimate of drug-likeness (QED) is 0.828. The van der Waals surface area contributed by atoms with Gasteiger partial charge in [0.1, 0.15) is 0 Å².